The molecule has 2 N–H and O–H groups in total. The lowest BCUT2D eigenvalue weighted by molar-refractivity contribution is 0.386. The number of rotatable bonds is 9. The van der Waals surface area contributed by atoms with E-state index in [0.717, 1.165) is 5.56 Å². The Balaban J connectivity index is 0.00000338. The molecule has 0 spiro atoms. The standard InChI is InChI=1S/C18H24N2O4S.ClH/c1-23-16-11-17(24-2)13-18(12-16)25(21,22)20(10-6-9-19)14-15-7-4-3-5-8-15;/h3-5,7-8,11-13H,6,9-10,14,19H2,1-2H3;1H. The molecule has 0 aliphatic carbocycles. The summed E-state index contributed by atoms with van der Waals surface area (Å²) >= 11 is 0. The predicted octanol–water partition coefficient (Wildman–Crippen LogP) is 2.67. The summed E-state index contributed by atoms with van der Waals surface area (Å²) in [6.45, 7) is 1.04. The molecule has 0 aromatic heterocycles. The topological polar surface area (TPSA) is 81.9 Å². The fourth-order valence-electron chi connectivity index (χ4n) is 2.42. The Kier molecular flexibility index (Phi) is 8.87. The van der Waals surface area contributed by atoms with Gasteiger partial charge in [-0.05, 0) is 18.5 Å². The summed E-state index contributed by atoms with van der Waals surface area (Å²) in [4.78, 5) is 0.136. The van der Waals surface area contributed by atoms with Crippen molar-refractivity contribution in [2.75, 3.05) is 27.3 Å². The van der Waals surface area contributed by atoms with E-state index in [1.54, 1.807) is 6.07 Å². The number of sulfonamides is 1. The Morgan fingerprint density at radius 2 is 1.58 bits per heavy atom. The molecule has 2 aromatic rings. The molecule has 2 aromatic carbocycles. The number of nitrogens with two attached hydrogens (primary N) is 1. The molecule has 0 atom stereocenters. The summed E-state index contributed by atoms with van der Waals surface area (Å²) in [6, 6.07) is 14.1. The molecule has 6 nitrogen and oxygen atoms in total. The van der Waals surface area contributed by atoms with Crippen LogP contribution in [0.2, 0.25) is 0 Å². The first-order valence-electron chi connectivity index (χ1n) is 7.98. The summed E-state index contributed by atoms with van der Waals surface area (Å²) in [5.41, 5.74) is 6.50. The van der Waals surface area contributed by atoms with Gasteiger partial charge in [-0.15, -0.1) is 12.4 Å². The van der Waals surface area contributed by atoms with Crippen molar-refractivity contribution in [3.05, 3.63) is 54.1 Å². The smallest absolute Gasteiger partial charge is 0.243 e. The van der Waals surface area contributed by atoms with Crippen LogP contribution >= 0.6 is 12.4 Å². The van der Waals surface area contributed by atoms with Crippen molar-refractivity contribution >= 4 is 22.4 Å². The fourth-order valence-corrected chi connectivity index (χ4v) is 3.94. The molecule has 2 rings (SSSR count). The molecule has 0 saturated heterocycles. The average molecular weight is 401 g/mol. The largest absolute Gasteiger partial charge is 0.497 e. The first-order chi connectivity index (χ1) is 12.0. The van der Waals surface area contributed by atoms with Crippen molar-refractivity contribution in [2.45, 2.75) is 17.9 Å². The highest BCUT2D eigenvalue weighted by atomic mass is 35.5. The number of ether oxygens (including phenoxy) is 2. The number of halogens is 1. The van der Waals surface area contributed by atoms with Crippen LogP contribution in [0.25, 0.3) is 0 Å². The van der Waals surface area contributed by atoms with E-state index >= 15 is 0 Å². The number of hydrogen-bond acceptors (Lipinski definition) is 5. The lowest BCUT2D eigenvalue weighted by Crippen LogP contribution is -2.32. The van der Waals surface area contributed by atoms with Crippen molar-refractivity contribution in [1.29, 1.82) is 0 Å². The second-order valence-corrected chi connectivity index (χ2v) is 7.45. The quantitative estimate of drug-likeness (QED) is 0.699. The molecule has 0 aliphatic heterocycles. The minimum Gasteiger partial charge on any atom is -0.497 e. The van der Waals surface area contributed by atoms with E-state index in [4.69, 9.17) is 15.2 Å². The lowest BCUT2D eigenvalue weighted by Gasteiger charge is -2.23. The highest BCUT2D eigenvalue weighted by molar-refractivity contribution is 7.89. The Bertz CT molecular complexity index is 763. The fraction of sp³-hybridized carbons (Fsp3) is 0.333. The van der Waals surface area contributed by atoms with Crippen LogP contribution in [0.3, 0.4) is 0 Å². The van der Waals surface area contributed by atoms with Gasteiger partial charge in [-0.25, -0.2) is 8.42 Å². The SMILES string of the molecule is COc1cc(OC)cc(S(=O)(=O)N(CCCN)Cc2ccccc2)c1.Cl. The second kappa shape index (κ2) is 10.4. The van der Waals surface area contributed by atoms with Crippen molar-refractivity contribution in [1.82, 2.24) is 4.31 Å². The maximum Gasteiger partial charge on any atom is 0.243 e. The van der Waals surface area contributed by atoms with Crippen LogP contribution in [-0.2, 0) is 16.6 Å². The van der Waals surface area contributed by atoms with E-state index in [1.165, 1.54) is 30.7 Å². The third-order valence-electron chi connectivity index (χ3n) is 3.78. The molecule has 0 unspecified atom stereocenters. The van der Waals surface area contributed by atoms with Crippen LogP contribution in [0.1, 0.15) is 12.0 Å². The maximum atomic E-state index is 13.2. The number of methoxy groups -OCH3 is 2. The molecule has 0 saturated carbocycles. The predicted molar refractivity (Wildman–Crippen MR) is 105 cm³/mol. The van der Waals surface area contributed by atoms with E-state index in [2.05, 4.69) is 0 Å². The molecule has 0 bridgehead atoms. The minimum atomic E-state index is -3.72. The summed E-state index contributed by atoms with van der Waals surface area (Å²) in [7, 11) is -0.744. The molecule has 26 heavy (non-hydrogen) atoms. The summed E-state index contributed by atoms with van der Waals surface area (Å²) in [6.07, 6.45) is 0.577. The number of nitrogens with zero attached hydrogens (tertiary/aromatic N) is 1. The molecule has 0 amide bonds. The van der Waals surface area contributed by atoms with Gasteiger partial charge in [0, 0.05) is 31.3 Å². The van der Waals surface area contributed by atoms with Crippen LogP contribution in [-0.4, -0.2) is 40.0 Å². The molecule has 144 valence electrons. The van der Waals surface area contributed by atoms with E-state index in [-0.39, 0.29) is 23.8 Å². The van der Waals surface area contributed by atoms with E-state index in [0.29, 0.717) is 31.0 Å². The number of hydrogen-bond donors (Lipinski definition) is 1. The summed E-state index contributed by atoms with van der Waals surface area (Å²) in [5.74, 6) is 0.854. The summed E-state index contributed by atoms with van der Waals surface area (Å²) in [5, 5.41) is 0. The maximum absolute atomic E-state index is 13.2. The Morgan fingerprint density at radius 1 is 1.00 bits per heavy atom. The van der Waals surface area contributed by atoms with Gasteiger partial charge in [0.15, 0.2) is 0 Å². The van der Waals surface area contributed by atoms with E-state index in [9.17, 15) is 8.42 Å². The molecule has 0 heterocycles. The van der Waals surface area contributed by atoms with Crippen molar-refractivity contribution in [3.8, 4) is 11.5 Å². The van der Waals surface area contributed by atoms with Crippen molar-refractivity contribution in [3.63, 3.8) is 0 Å². The van der Waals surface area contributed by atoms with Gasteiger partial charge in [0.05, 0.1) is 19.1 Å². The van der Waals surface area contributed by atoms with E-state index in [1.807, 2.05) is 30.3 Å². The Morgan fingerprint density at radius 3 is 2.08 bits per heavy atom. The van der Waals surface area contributed by atoms with E-state index < -0.39 is 10.0 Å². The lowest BCUT2D eigenvalue weighted by atomic mass is 10.2. The van der Waals surface area contributed by atoms with Gasteiger partial charge in [-0.3, -0.25) is 0 Å². The molecular formula is C18H25ClN2O4S. The van der Waals surface area contributed by atoms with Crippen LogP contribution in [0.15, 0.2) is 53.4 Å². The van der Waals surface area contributed by atoms with Crippen LogP contribution < -0.4 is 15.2 Å². The Labute approximate surface area is 161 Å². The van der Waals surface area contributed by atoms with Crippen molar-refractivity contribution in [2.24, 2.45) is 5.73 Å². The van der Waals surface area contributed by atoms with Gasteiger partial charge in [0.1, 0.15) is 11.5 Å². The van der Waals surface area contributed by atoms with Gasteiger partial charge in [0.2, 0.25) is 10.0 Å². The molecular weight excluding hydrogens is 376 g/mol. The van der Waals surface area contributed by atoms with Gasteiger partial charge in [-0.1, -0.05) is 30.3 Å². The third-order valence-corrected chi connectivity index (χ3v) is 5.60. The van der Waals surface area contributed by atoms with Crippen LogP contribution in [0, 0.1) is 0 Å². The molecule has 8 heteroatoms. The molecule has 0 fully saturated rings. The van der Waals surface area contributed by atoms with Gasteiger partial charge < -0.3 is 15.2 Å². The van der Waals surface area contributed by atoms with Crippen LogP contribution in [0.5, 0.6) is 11.5 Å². The molecule has 0 aliphatic rings. The zero-order chi connectivity index (χ0) is 18.3. The van der Waals surface area contributed by atoms with Gasteiger partial charge in [-0.2, -0.15) is 4.31 Å². The Hall–Kier alpha value is -1.80. The van der Waals surface area contributed by atoms with Gasteiger partial charge in [0.25, 0.3) is 0 Å². The zero-order valence-electron chi connectivity index (χ0n) is 14.9. The van der Waals surface area contributed by atoms with Crippen LogP contribution in [0.4, 0.5) is 0 Å². The van der Waals surface area contributed by atoms with Crippen molar-refractivity contribution < 1.29 is 17.9 Å². The first kappa shape index (κ1) is 22.2. The highest BCUT2D eigenvalue weighted by Gasteiger charge is 2.25. The minimum absolute atomic E-state index is 0. The summed E-state index contributed by atoms with van der Waals surface area (Å²) < 4.78 is 38.1. The number of benzene rings is 2. The average Bonchev–Trinajstić information content (AvgIpc) is 2.65. The first-order valence-corrected chi connectivity index (χ1v) is 9.42. The third kappa shape index (κ3) is 5.60. The monoisotopic (exact) mass is 400 g/mol. The highest BCUT2D eigenvalue weighted by Crippen LogP contribution is 2.28. The molecule has 0 radical (unpaired) electrons. The van der Waals surface area contributed by atoms with Gasteiger partial charge >= 0.3 is 0 Å². The normalized spacial score (nSPS) is 11.1. The second-order valence-electron chi connectivity index (χ2n) is 5.51. The zero-order valence-corrected chi connectivity index (χ0v) is 16.6.